The maximum Gasteiger partial charge on any atom is 0.144 e. The third-order valence-electron chi connectivity index (χ3n) is 4.34. The van der Waals surface area contributed by atoms with E-state index in [0.29, 0.717) is 6.42 Å². The summed E-state index contributed by atoms with van der Waals surface area (Å²) in [6, 6.07) is 8.00. The van der Waals surface area contributed by atoms with Crippen molar-refractivity contribution in [2.24, 2.45) is 13.0 Å². The van der Waals surface area contributed by atoms with E-state index in [1.54, 1.807) is 6.33 Å². The summed E-state index contributed by atoms with van der Waals surface area (Å²) in [5.74, 6) is 0.369. The highest BCUT2D eigenvalue weighted by Crippen LogP contribution is 2.23. The molecule has 0 bridgehead atoms. The SMILES string of the molecule is Cn1cncc1-c1ccc2nnc(CC(=O)C3CNC3)cc2c1. The number of nitrogens with zero attached hydrogens (tertiary/aromatic N) is 4. The van der Waals surface area contributed by atoms with Crippen LogP contribution in [0.1, 0.15) is 5.69 Å². The van der Waals surface area contributed by atoms with Gasteiger partial charge in [-0.1, -0.05) is 6.07 Å². The van der Waals surface area contributed by atoms with E-state index < -0.39 is 0 Å². The number of benzene rings is 1. The summed E-state index contributed by atoms with van der Waals surface area (Å²) >= 11 is 0. The molecule has 6 nitrogen and oxygen atoms in total. The van der Waals surface area contributed by atoms with Gasteiger partial charge in [0, 0.05) is 37.0 Å². The van der Waals surface area contributed by atoms with Crippen LogP contribution < -0.4 is 5.32 Å². The van der Waals surface area contributed by atoms with Gasteiger partial charge in [0.05, 0.1) is 35.8 Å². The van der Waals surface area contributed by atoms with Crippen molar-refractivity contribution in [3.63, 3.8) is 0 Å². The van der Waals surface area contributed by atoms with Gasteiger partial charge < -0.3 is 9.88 Å². The molecule has 1 saturated heterocycles. The molecule has 0 amide bonds. The molecule has 1 aliphatic heterocycles. The summed E-state index contributed by atoms with van der Waals surface area (Å²) in [7, 11) is 1.97. The number of ketones is 1. The number of imidazole rings is 1. The van der Waals surface area contributed by atoms with Crippen LogP contribution in [0, 0.1) is 5.92 Å². The number of hydrogen-bond acceptors (Lipinski definition) is 5. The quantitative estimate of drug-likeness (QED) is 0.788. The van der Waals surface area contributed by atoms with Crippen LogP contribution in [-0.2, 0) is 18.3 Å². The summed E-state index contributed by atoms with van der Waals surface area (Å²) in [5.41, 5.74) is 3.68. The maximum atomic E-state index is 12.1. The minimum atomic E-state index is 0.133. The lowest BCUT2D eigenvalue weighted by atomic mass is 9.94. The van der Waals surface area contributed by atoms with Gasteiger partial charge in [0.2, 0.25) is 0 Å². The van der Waals surface area contributed by atoms with Crippen molar-refractivity contribution >= 4 is 16.7 Å². The Labute approximate surface area is 133 Å². The number of Topliss-reactive ketones (excluding diaryl/α,β-unsaturated/α-hetero) is 1. The number of hydrogen-bond donors (Lipinski definition) is 1. The monoisotopic (exact) mass is 307 g/mol. The first-order valence-electron chi connectivity index (χ1n) is 7.67. The second kappa shape index (κ2) is 5.55. The third-order valence-corrected chi connectivity index (χ3v) is 4.34. The molecule has 0 aliphatic carbocycles. The zero-order valence-corrected chi connectivity index (χ0v) is 12.9. The lowest BCUT2D eigenvalue weighted by Gasteiger charge is -2.25. The molecule has 0 spiro atoms. The van der Waals surface area contributed by atoms with Gasteiger partial charge in [-0.25, -0.2) is 4.98 Å². The third kappa shape index (κ3) is 2.61. The molecule has 1 N–H and O–H groups in total. The van der Waals surface area contributed by atoms with Crippen molar-refractivity contribution in [2.75, 3.05) is 13.1 Å². The first-order chi connectivity index (χ1) is 11.2. The van der Waals surface area contributed by atoms with Gasteiger partial charge in [0.15, 0.2) is 0 Å². The Balaban J connectivity index is 1.66. The number of aromatic nitrogens is 4. The van der Waals surface area contributed by atoms with Crippen LogP contribution >= 0.6 is 0 Å². The Morgan fingerprint density at radius 1 is 1.30 bits per heavy atom. The van der Waals surface area contributed by atoms with Gasteiger partial charge in [-0.05, 0) is 18.2 Å². The van der Waals surface area contributed by atoms with Crippen molar-refractivity contribution in [3.05, 3.63) is 42.5 Å². The number of aryl methyl sites for hydroxylation is 1. The average Bonchev–Trinajstić information content (AvgIpc) is 2.91. The molecule has 0 radical (unpaired) electrons. The minimum absolute atomic E-state index is 0.133. The Morgan fingerprint density at radius 2 is 2.17 bits per heavy atom. The van der Waals surface area contributed by atoms with Crippen LogP contribution in [0.4, 0.5) is 0 Å². The second-order valence-corrected chi connectivity index (χ2v) is 6.00. The summed E-state index contributed by atoms with van der Waals surface area (Å²) < 4.78 is 1.98. The molecule has 0 unspecified atom stereocenters. The molecule has 3 aromatic rings. The van der Waals surface area contributed by atoms with Gasteiger partial charge in [0.1, 0.15) is 5.78 Å². The number of nitrogens with one attached hydrogen (secondary N) is 1. The fourth-order valence-corrected chi connectivity index (χ4v) is 2.81. The van der Waals surface area contributed by atoms with E-state index in [-0.39, 0.29) is 11.7 Å². The molecule has 6 heteroatoms. The lowest BCUT2D eigenvalue weighted by Crippen LogP contribution is -2.47. The Hall–Kier alpha value is -2.60. The summed E-state index contributed by atoms with van der Waals surface area (Å²) in [4.78, 5) is 16.3. The zero-order chi connectivity index (χ0) is 15.8. The van der Waals surface area contributed by atoms with Crippen LogP contribution in [0.2, 0.25) is 0 Å². The van der Waals surface area contributed by atoms with E-state index in [1.165, 1.54) is 0 Å². The van der Waals surface area contributed by atoms with Crippen molar-refractivity contribution < 1.29 is 4.79 Å². The molecule has 23 heavy (non-hydrogen) atoms. The van der Waals surface area contributed by atoms with Gasteiger partial charge in [-0.2, -0.15) is 10.2 Å². The van der Waals surface area contributed by atoms with E-state index in [0.717, 1.165) is 40.9 Å². The first kappa shape index (κ1) is 14.0. The van der Waals surface area contributed by atoms with Crippen molar-refractivity contribution in [1.82, 2.24) is 25.1 Å². The van der Waals surface area contributed by atoms with Crippen molar-refractivity contribution in [2.45, 2.75) is 6.42 Å². The highest BCUT2D eigenvalue weighted by molar-refractivity contribution is 5.87. The lowest BCUT2D eigenvalue weighted by molar-refractivity contribution is -0.123. The largest absolute Gasteiger partial charge is 0.334 e. The highest BCUT2D eigenvalue weighted by Gasteiger charge is 2.25. The molecule has 0 saturated carbocycles. The van der Waals surface area contributed by atoms with Gasteiger partial charge in [0.25, 0.3) is 0 Å². The number of rotatable bonds is 4. The van der Waals surface area contributed by atoms with Crippen molar-refractivity contribution in [1.29, 1.82) is 0 Å². The fourth-order valence-electron chi connectivity index (χ4n) is 2.81. The normalized spacial score (nSPS) is 14.8. The first-order valence-corrected chi connectivity index (χ1v) is 7.67. The highest BCUT2D eigenvalue weighted by atomic mass is 16.1. The number of carbonyl (C=O) groups excluding carboxylic acids is 1. The summed E-state index contributed by atoms with van der Waals surface area (Å²) in [6.45, 7) is 1.56. The Bertz CT molecular complexity index is 882. The van der Waals surface area contributed by atoms with E-state index in [9.17, 15) is 4.79 Å². The molecule has 1 aromatic carbocycles. The van der Waals surface area contributed by atoms with E-state index >= 15 is 0 Å². The fraction of sp³-hybridized carbons (Fsp3) is 0.294. The van der Waals surface area contributed by atoms with Gasteiger partial charge >= 0.3 is 0 Å². The molecule has 4 rings (SSSR count). The standard InChI is InChI=1S/C17H17N5O/c1-22-10-19-9-16(22)11-2-3-15-12(4-11)5-14(20-21-15)6-17(23)13-7-18-8-13/h2-5,9-10,13,18H,6-8H2,1H3. The zero-order valence-electron chi connectivity index (χ0n) is 12.9. The smallest absolute Gasteiger partial charge is 0.144 e. The molecular weight excluding hydrogens is 290 g/mol. The summed E-state index contributed by atoms with van der Waals surface area (Å²) in [6.07, 6.45) is 3.97. The second-order valence-electron chi connectivity index (χ2n) is 6.00. The van der Waals surface area contributed by atoms with E-state index in [2.05, 4.69) is 26.6 Å². The molecular formula is C17H17N5O. The van der Waals surface area contributed by atoms with Crippen molar-refractivity contribution in [3.8, 4) is 11.3 Å². The Kier molecular flexibility index (Phi) is 3.38. The molecule has 1 aliphatic rings. The topological polar surface area (TPSA) is 72.7 Å². The summed E-state index contributed by atoms with van der Waals surface area (Å²) in [5, 5.41) is 12.5. The molecule has 1 fully saturated rings. The van der Waals surface area contributed by atoms with Gasteiger partial charge in [-0.15, -0.1) is 0 Å². The molecule has 3 heterocycles. The number of carbonyl (C=O) groups is 1. The molecule has 116 valence electrons. The predicted molar refractivity (Wildman–Crippen MR) is 86.8 cm³/mol. The van der Waals surface area contributed by atoms with Gasteiger partial charge in [-0.3, -0.25) is 4.79 Å². The van der Waals surface area contributed by atoms with E-state index in [4.69, 9.17) is 0 Å². The van der Waals surface area contributed by atoms with Crippen LogP contribution in [0.25, 0.3) is 22.2 Å². The molecule has 0 atom stereocenters. The van der Waals surface area contributed by atoms with Crippen LogP contribution in [0.3, 0.4) is 0 Å². The van der Waals surface area contributed by atoms with Crippen LogP contribution in [-0.4, -0.2) is 38.6 Å². The Morgan fingerprint density at radius 3 is 2.87 bits per heavy atom. The predicted octanol–water partition coefficient (Wildman–Crippen LogP) is 1.36. The number of fused-ring (bicyclic) bond motifs is 1. The maximum absolute atomic E-state index is 12.1. The minimum Gasteiger partial charge on any atom is -0.334 e. The van der Waals surface area contributed by atoms with Crippen LogP contribution in [0.5, 0.6) is 0 Å². The average molecular weight is 307 g/mol. The van der Waals surface area contributed by atoms with Crippen LogP contribution in [0.15, 0.2) is 36.8 Å². The van der Waals surface area contributed by atoms with E-state index in [1.807, 2.05) is 36.0 Å². The molecule has 2 aromatic heterocycles.